The Kier molecular flexibility index (Phi) is 4.02. The quantitative estimate of drug-likeness (QED) is 0.729. The maximum atomic E-state index is 5.22. The summed E-state index contributed by atoms with van der Waals surface area (Å²) >= 11 is 0. The molecule has 0 aliphatic rings. The summed E-state index contributed by atoms with van der Waals surface area (Å²) in [6, 6.07) is 10.1. The van der Waals surface area contributed by atoms with Crippen molar-refractivity contribution in [2.24, 2.45) is 7.05 Å². The standard InChI is InChI=1S/C14H16N6O/c1-20-10-16-18-13(20)8-15-9-14-17-12(19-21-14)7-11-5-3-2-4-6-11/h2-6,10,15H,7-9H2,1H3. The zero-order valence-electron chi connectivity index (χ0n) is 11.7. The second-order valence-corrected chi connectivity index (χ2v) is 4.73. The average molecular weight is 284 g/mol. The van der Waals surface area contributed by atoms with Crippen molar-refractivity contribution in [1.82, 2.24) is 30.2 Å². The highest BCUT2D eigenvalue weighted by Crippen LogP contribution is 2.06. The van der Waals surface area contributed by atoms with Crippen LogP contribution in [0.1, 0.15) is 23.1 Å². The topological polar surface area (TPSA) is 81.7 Å². The number of hydrogen-bond acceptors (Lipinski definition) is 6. The van der Waals surface area contributed by atoms with Gasteiger partial charge in [-0.2, -0.15) is 4.98 Å². The van der Waals surface area contributed by atoms with E-state index in [9.17, 15) is 0 Å². The second-order valence-electron chi connectivity index (χ2n) is 4.73. The minimum absolute atomic E-state index is 0.509. The highest BCUT2D eigenvalue weighted by molar-refractivity contribution is 5.18. The summed E-state index contributed by atoms with van der Waals surface area (Å²) in [7, 11) is 1.90. The SMILES string of the molecule is Cn1cnnc1CNCc1nc(Cc2ccccc2)no1. The van der Waals surface area contributed by atoms with Gasteiger partial charge >= 0.3 is 0 Å². The maximum Gasteiger partial charge on any atom is 0.240 e. The predicted octanol–water partition coefficient (Wildman–Crippen LogP) is 1.08. The Morgan fingerprint density at radius 3 is 2.81 bits per heavy atom. The van der Waals surface area contributed by atoms with E-state index in [1.807, 2.05) is 41.9 Å². The molecule has 2 heterocycles. The van der Waals surface area contributed by atoms with Crippen LogP contribution < -0.4 is 5.32 Å². The number of hydrogen-bond donors (Lipinski definition) is 1. The summed E-state index contributed by atoms with van der Waals surface area (Å²) in [5, 5.41) is 15.0. The molecule has 0 saturated heterocycles. The average Bonchev–Trinajstić information content (AvgIpc) is 3.10. The fourth-order valence-electron chi connectivity index (χ4n) is 1.96. The fourth-order valence-corrected chi connectivity index (χ4v) is 1.96. The molecule has 0 aliphatic carbocycles. The Hall–Kier alpha value is -2.54. The Morgan fingerprint density at radius 1 is 1.19 bits per heavy atom. The van der Waals surface area contributed by atoms with Crippen molar-refractivity contribution in [1.29, 1.82) is 0 Å². The van der Waals surface area contributed by atoms with Crippen LogP contribution in [-0.2, 0) is 26.6 Å². The van der Waals surface area contributed by atoms with E-state index in [4.69, 9.17) is 4.52 Å². The molecule has 7 nitrogen and oxygen atoms in total. The minimum Gasteiger partial charge on any atom is -0.338 e. The van der Waals surface area contributed by atoms with E-state index < -0.39 is 0 Å². The minimum atomic E-state index is 0.509. The van der Waals surface area contributed by atoms with Gasteiger partial charge in [0.1, 0.15) is 12.2 Å². The number of benzene rings is 1. The summed E-state index contributed by atoms with van der Waals surface area (Å²) in [5.74, 6) is 2.12. The van der Waals surface area contributed by atoms with Gasteiger partial charge in [-0.3, -0.25) is 0 Å². The van der Waals surface area contributed by atoms with E-state index in [0.717, 1.165) is 11.4 Å². The lowest BCUT2D eigenvalue weighted by atomic mass is 10.1. The second kappa shape index (κ2) is 6.27. The van der Waals surface area contributed by atoms with Crippen LogP contribution >= 0.6 is 0 Å². The van der Waals surface area contributed by atoms with Gasteiger partial charge in [-0.05, 0) is 5.56 Å². The summed E-state index contributed by atoms with van der Waals surface area (Å²) in [6.45, 7) is 1.11. The molecule has 0 spiro atoms. The van der Waals surface area contributed by atoms with Crippen LogP contribution in [0.2, 0.25) is 0 Å². The summed E-state index contributed by atoms with van der Waals surface area (Å²) < 4.78 is 7.08. The van der Waals surface area contributed by atoms with Gasteiger partial charge in [-0.25, -0.2) is 0 Å². The number of nitrogens with one attached hydrogen (secondary N) is 1. The monoisotopic (exact) mass is 284 g/mol. The highest BCUT2D eigenvalue weighted by atomic mass is 16.5. The Labute approximate surface area is 122 Å². The lowest BCUT2D eigenvalue weighted by molar-refractivity contribution is 0.362. The van der Waals surface area contributed by atoms with Crippen LogP contribution in [0.15, 0.2) is 41.2 Å². The van der Waals surface area contributed by atoms with Crippen LogP contribution in [0.5, 0.6) is 0 Å². The van der Waals surface area contributed by atoms with Crippen molar-refractivity contribution in [3.8, 4) is 0 Å². The van der Waals surface area contributed by atoms with Crippen LogP contribution in [0.3, 0.4) is 0 Å². The molecule has 7 heteroatoms. The van der Waals surface area contributed by atoms with Crippen LogP contribution in [0.4, 0.5) is 0 Å². The number of aromatic nitrogens is 5. The first-order chi connectivity index (χ1) is 10.3. The van der Waals surface area contributed by atoms with Gasteiger partial charge in [0.2, 0.25) is 5.89 Å². The number of rotatable bonds is 6. The van der Waals surface area contributed by atoms with E-state index in [1.54, 1.807) is 6.33 Å². The van der Waals surface area contributed by atoms with Crippen molar-refractivity contribution in [3.05, 3.63) is 59.8 Å². The fraction of sp³-hybridized carbons (Fsp3) is 0.286. The highest BCUT2D eigenvalue weighted by Gasteiger charge is 2.07. The molecule has 21 heavy (non-hydrogen) atoms. The van der Waals surface area contributed by atoms with Gasteiger partial charge < -0.3 is 14.4 Å². The Balaban J connectivity index is 1.52. The Bertz CT molecular complexity index is 690. The van der Waals surface area contributed by atoms with E-state index in [0.29, 0.717) is 31.2 Å². The molecular formula is C14H16N6O. The lowest BCUT2D eigenvalue weighted by Crippen LogP contribution is -2.16. The molecule has 0 fully saturated rings. The summed E-state index contributed by atoms with van der Waals surface area (Å²) in [5.41, 5.74) is 1.16. The first-order valence-electron chi connectivity index (χ1n) is 6.70. The Morgan fingerprint density at radius 2 is 2.05 bits per heavy atom. The van der Waals surface area contributed by atoms with Crippen molar-refractivity contribution < 1.29 is 4.52 Å². The third-order valence-electron chi connectivity index (χ3n) is 3.08. The molecule has 0 unspecified atom stereocenters. The van der Waals surface area contributed by atoms with Gasteiger partial charge in [-0.1, -0.05) is 35.5 Å². The molecule has 1 N–H and O–H groups in total. The first kappa shape index (κ1) is 13.4. The third-order valence-corrected chi connectivity index (χ3v) is 3.08. The lowest BCUT2D eigenvalue weighted by Gasteiger charge is -2.00. The molecule has 108 valence electrons. The van der Waals surface area contributed by atoms with Crippen molar-refractivity contribution >= 4 is 0 Å². The molecule has 0 amide bonds. The normalized spacial score (nSPS) is 10.9. The summed E-state index contributed by atoms with van der Waals surface area (Å²) in [4.78, 5) is 4.36. The van der Waals surface area contributed by atoms with Gasteiger partial charge in [0, 0.05) is 13.5 Å². The van der Waals surface area contributed by atoms with E-state index in [1.165, 1.54) is 0 Å². The maximum absolute atomic E-state index is 5.22. The molecule has 0 atom stereocenters. The van der Waals surface area contributed by atoms with E-state index in [2.05, 4.69) is 25.7 Å². The summed E-state index contributed by atoms with van der Waals surface area (Å²) in [6.07, 6.45) is 2.34. The van der Waals surface area contributed by atoms with Gasteiger partial charge in [-0.15, -0.1) is 10.2 Å². The molecule has 0 aliphatic heterocycles. The van der Waals surface area contributed by atoms with Gasteiger partial charge in [0.15, 0.2) is 5.82 Å². The zero-order valence-corrected chi connectivity index (χ0v) is 11.7. The van der Waals surface area contributed by atoms with Gasteiger partial charge in [0.05, 0.1) is 13.1 Å². The smallest absolute Gasteiger partial charge is 0.240 e. The van der Waals surface area contributed by atoms with Gasteiger partial charge in [0.25, 0.3) is 0 Å². The molecule has 3 aromatic rings. The first-order valence-corrected chi connectivity index (χ1v) is 6.70. The number of aryl methyl sites for hydroxylation is 1. The zero-order chi connectivity index (χ0) is 14.5. The largest absolute Gasteiger partial charge is 0.338 e. The van der Waals surface area contributed by atoms with E-state index in [-0.39, 0.29) is 0 Å². The molecule has 0 radical (unpaired) electrons. The molecule has 3 rings (SSSR count). The van der Waals surface area contributed by atoms with Crippen molar-refractivity contribution in [2.45, 2.75) is 19.5 Å². The third kappa shape index (κ3) is 3.51. The predicted molar refractivity (Wildman–Crippen MR) is 75.1 cm³/mol. The molecular weight excluding hydrogens is 268 g/mol. The molecule has 0 saturated carbocycles. The van der Waals surface area contributed by atoms with Crippen molar-refractivity contribution in [3.63, 3.8) is 0 Å². The van der Waals surface area contributed by atoms with Crippen LogP contribution in [0, 0.1) is 0 Å². The molecule has 2 aromatic heterocycles. The van der Waals surface area contributed by atoms with Crippen LogP contribution in [-0.4, -0.2) is 24.9 Å². The molecule has 0 bridgehead atoms. The number of nitrogens with zero attached hydrogens (tertiary/aromatic N) is 5. The van der Waals surface area contributed by atoms with E-state index >= 15 is 0 Å². The molecule has 1 aromatic carbocycles. The van der Waals surface area contributed by atoms with Crippen molar-refractivity contribution in [2.75, 3.05) is 0 Å². The van der Waals surface area contributed by atoms with Crippen LogP contribution in [0.25, 0.3) is 0 Å².